The summed E-state index contributed by atoms with van der Waals surface area (Å²) >= 11 is 1.58. The molecule has 76 valence electrons. The molecule has 5 heteroatoms. The largest absolute Gasteiger partial charge is 0.502 e. The van der Waals surface area contributed by atoms with Crippen molar-refractivity contribution in [3.8, 4) is 5.75 Å². The zero-order chi connectivity index (χ0) is 10.1. The molecule has 2 N–H and O–H groups in total. The molecule has 2 heterocycles. The summed E-state index contributed by atoms with van der Waals surface area (Å²) in [5.41, 5.74) is 1.06. The van der Waals surface area contributed by atoms with E-state index in [4.69, 9.17) is 5.26 Å². The summed E-state index contributed by atoms with van der Waals surface area (Å²) in [4.78, 5) is 4.16. The SMILES string of the molecule is Cc1ccc(O)c2[n+]1C(COO)CS2. The van der Waals surface area contributed by atoms with Crippen LogP contribution in [0.5, 0.6) is 5.75 Å². The van der Waals surface area contributed by atoms with Crippen LogP contribution in [0.1, 0.15) is 11.7 Å². The van der Waals surface area contributed by atoms with Crippen molar-refractivity contribution in [3.63, 3.8) is 0 Å². The van der Waals surface area contributed by atoms with Gasteiger partial charge in [0.25, 0.3) is 5.03 Å². The molecule has 1 aliphatic rings. The molecular formula is C9H12NO3S+. The second kappa shape index (κ2) is 3.76. The van der Waals surface area contributed by atoms with Gasteiger partial charge in [-0.3, -0.25) is 5.26 Å². The Morgan fingerprint density at radius 1 is 1.64 bits per heavy atom. The van der Waals surface area contributed by atoms with Gasteiger partial charge in [0.15, 0.2) is 17.5 Å². The van der Waals surface area contributed by atoms with Gasteiger partial charge in [-0.15, -0.1) is 0 Å². The van der Waals surface area contributed by atoms with Crippen LogP contribution in [0.2, 0.25) is 0 Å². The maximum Gasteiger partial charge on any atom is 0.283 e. The van der Waals surface area contributed by atoms with E-state index in [-0.39, 0.29) is 12.6 Å². The van der Waals surface area contributed by atoms with Crippen LogP contribution < -0.4 is 4.57 Å². The fourth-order valence-corrected chi connectivity index (χ4v) is 2.93. The minimum absolute atomic E-state index is 0.104. The van der Waals surface area contributed by atoms with Crippen LogP contribution in [0, 0.1) is 6.92 Å². The molecule has 2 rings (SSSR count). The molecule has 0 aromatic carbocycles. The predicted octanol–water partition coefficient (Wildman–Crippen LogP) is 1.12. The van der Waals surface area contributed by atoms with Gasteiger partial charge in [-0.2, -0.15) is 4.57 Å². The molecule has 1 unspecified atom stereocenters. The first-order valence-electron chi connectivity index (χ1n) is 4.37. The van der Waals surface area contributed by atoms with Crippen molar-refractivity contribution in [3.05, 3.63) is 17.8 Å². The Labute approximate surface area is 86.1 Å². The average molecular weight is 214 g/mol. The van der Waals surface area contributed by atoms with Crippen LogP contribution in [0.15, 0.2) is 17.2 Å². The monoisotopic (exact) mass is 214 g/mol. The van der Waals surface area contributed by atoms with Crippen LogP contribution in [0.25, 0.3) is 0 Å². The van der Waals surface area contributed by atoms with E-state index in [1.165, 1.54) is 0 Å². The lowest BCUT2D eigenvalue weighted by Crippen LogP contribution is -2.43. The van der Waals surface area contributed by atoms with Crippen molar-refractivity contribution < 1.29 is 19.8 Å². The Kier molecular flexibility index (Phi) is 2.62. The Hall–Kier alpha value is -0.780. The molecule has 1 aromatic heterocycles. The van der Waals surface area contributed by atoms with Gasteiger partial charge >= 0.3 is 0 Å². The fourth-order valence-electron chi connectivity index (χ4n) is 1.69. The van der Waals surface area contributed by atoms with Gasteiger partial charge in [0, 0.05) is 13.0 Å². The molecule has 4 nitrogen and oxygen atoms in total. The van der Waals surface area contributed by atoms with Crippen LogP contribution in [-0.2, 0) is 4.89 Å². The van der Waals surface area contributed by atoms with Gasteiger partial charge in [-0.05, 0) is 17.8 Å². The molecule has 0 aliphatic carbocycles. The molecule has 0 radical (unpaired) electrons. The number of nitrogens with zero attached hydrogens (tertiary/aromatic N) is 1. The maximum atomic E-state index is 9.60. The zero-order valence-electron chi connectivity index (χ0n) is 7.80. The number of aryl methyl sites for hydroxylation is 1. The van der Waals surface area contributed by atoms with E-state index in [2.05, 4.69) is 4.89 Å². The molecule has 0 spiro atoms. The van der Waals surface area contributed by atoms with E-state index in [9.17, 15) is 5.11 Å². The van der Waals surface area contributed by atoms with E-state index < -0.39 is 0 Å². The van der Waals surface area contributed by atoms with Crippen molar-refractivity contribution in [1.29, 1.82) is 0 Å². The van der Waals surface area contributed by atoms with Crippen molar-refractivity contribution in [2.75, 3.05) is 12.4 Å². The zero-order valence-corrected chi connectivity index (χ0v) is 8.62. The van der Waals surface area contributed by atoms with Crippen LogP contribution >= 0.6 is 11.8 Å². The molecule has 0 amide bonds. The Morgan fingerprint density at radius 2 is 2.43 bits per heavy atom. The molecule has 14 heavy (non-hydrogen) atoms. The number of thioether (sulfide) groups is 1. The van der Waals surface area contributed by atoms with Gasteiger partial charge in [-0.25, -0.2) is 4.89 Å². The maximum absolute atomic E-state index is 9.60. The molecule has 0 saturated heterocycles. The molecule has 0 fully saturated rings. The normalized spacial score (nSPS) is 19.7. The number of hydrogen-bond acceptors (Lipinski definition) is 4. The number of aromatic hydroxyl groups is 1. The smallest absolute Gasteiger partial charge is 0.283 e. The predicted molar refractivity (Wildman–Crippen MR) is 51.4 cm³/mol. The van der Waals surface area contributed by atoms with Crippen molar-refractivity contribution in [2.24, 2.45) is 0 Å². The third kappa shape index (κ3) is 1.47. The number of hydrogen-bond donors (Lipinski definition) is 2. The minimum atomic E-state index is 0.104. The number of rotatable bonds is 2. The molecule has 0 bridgehead atoms. The van der Waals surface area contributed by atoms with E-state index >= 15 is 0 Å². The lowest BCUT2D eigenvalue weighted by atomic mass is 10.3. The minimum Gasteiger partial charge on any atom is -0.502 e. The van der Waals surface area contributed by atoms with Crippen molar-refractivity contribution in [1.82, 2.24) is 0 Å². The Balaban J connectivity index is 2.42. The van der Waals surface area contributed by atoms with Crippen molar-refractivity contribution >= 4 is 11.8 Å². The number of fused-ring (bicyclic) bond motifs is 1. The standard InChI is InChI=1S/C9H11NO3S/c1-6-2-3-8(11)9-10(6)7(4-13-12)5-14-9/h2-3,7H,4-5H2,1H3,(H-,11,12)/p+1. The third-order valence-electron chi connectivity index (χ3n) is 2.34. The highest BCUT2D eigenvalue weighted by atomic mass is 32.2. The number of aromatic nitrogens is 1. The Morgan fingerprint density at radius 3 is 3.14 bits per heavy atom. The van der Waals surface area contributed by atoms with Crippen LogP contribution in [0.3, 0.4) is 0 Å². The molecule has 1 aromatic rings. The summed E-state index contributed by atoms with van der Waals surface area (Å²) in [6, 6.07) is 3.65. The molecule has 0 saturated carbocycles. The fraction of sp³-hybridized carbons (Fsp3) is 0.444. The first kappa shape index (κ1) is 9.76. The molecule has 1 aliphatic heterocycles. The summed E-state index contributed by atoms with van der Waals surface area (Å²) in [6.45, 7) is 2.23. The lowest BCUT2D eigenvalue weighted by molar-refractivity contribution is -0.757. The first-order valence-corrected chi connectivity index (χ1v) is 5.36. The van der Waals surface area contributed by atoms with Crippen LogP contribution in [0.4, 0.5) is 0 Å². The summed E-state index contributed by atoms with van der Waals surface area (Å²) < 4.78 is 2.00. The number of pyridine rings is 1. The average Bonchev–Trinajstić information content (AvgIpc) is 2.58. The molecule has 1 atom stereocenters. The molecular weight excluding hydrogens is 202 g/mol. The second-order valence-electron chi connectivity index (χ2n) is 3.30. The summed E-state index contributed by atoms with van der Waals surface area (Å²) in [7, 11) is 0. The van der Waals surface area contributed by atoms with Gasteiger partial charge in [0.05, 0.1) is 5.75 Å². The van der Waals surface area contributed by atoms with Gasteiger partial charge in [0.2, 0.25) is 0 Å². The summed E-state index contributed by atoms with van der Waals surface area (Å²) in [5, 5.41) is 18.9. The topological polar surface area (TPSA) is 53.6 Å². The highest BCUT2D eigenvalue weighted by molar-refractivity contribution is 7.99. The second-order valence-corrected chi connectivity index (χ2v) is 4.30. The lowest BCUT2D eigenvalue weighted by Gasteiger charge is -2.05. The van der Waals surface area contributed by atoms with Gasteiger partial charge in [0.1, 0.15) is 6.61 Å². The first-order chi connectivity index (χ1) is 6.74. The van der Waals surface area contributed by atoms with Gasteiger partial charge in [-0.1, -0.05) is 0 Å². The highest BCUT2D eigenvalue weighted by Gasteiger charge is 2.35. The quantitative estimate of drug-likeness (QED) is 0.440. The van der Waals surface area contributed by atoms with Crippen molar-refractivity contribution in [2.45, 2.75) is 18.0 Å². The van der Waals surface area contributed by atoms with Gasteiger partial charge < -0.3 is 5.11 Å². The Bertz CT molecular complexity index is 356. The summed E-state index contributed by atoms with van der Waals surface area (Å²) in [5.74, 6) is 1.11. The van der Waals surface area contributed by atoms with E-state index in [0.29, 0.717) is 5.75 Å². The van der Waals surface area contributed by atoms with E-state index in [1.54, 1.807) is 17.8 Å². The third-order valence-corrected chi connectivity index (χ3v) is 3.58. The van der Waals surface area contributed by atoms with E-state index in [0.717, 1.165) is 16.5 Å². The highest BCUT2D eigenvalue weighted by Crippen LogP contribution is 2.33. The van der Waals surface area contributed by atoms with Crippen LogP contribution in [-0.4, -0.2) is 22.7 Å². The summed E-state index contributed by atoms with van der Waals surface area (Å²) in [6.07, 6.45) is 0. The van der Waals surface area contributed by atoms with E-state index in [1.807, 2.05) is 17.6 Å².